The largest absolute Gasteiger partial charge is 0.338 e. The second-order valence-corrected chi connectivity index (χ2v) is 9.95. The predicted octanol–water partition coefficient (Wildman–Crippen LogP) is 3.66. The lowest BCUT2D eigenvalue weighted by Crippen LogP contribution is -2.48. The normalized spacial score (nSPS) is 16.2. The van der Waals surface area contributed by atoms with Gasteiger partial charge in [-0.05, 0) is 30.3 Å². The molecule has 0 aliphatic carbocycles. The van der Waals surface area contributed by atoms with E-state index in [9.17, 15) is 8.42 Å². The van der Waals surface area contributed by atoms with Gasteiger partial charge in [0.1, 0.15) is 0 Å². The van der Waals surface area contributed by atoms with Gasteiger partial charge in [0.25, 0.3) is 0 Å². The van der Waals surface area contributed by atoms with Crippen molar-refractivity contribution < 1.29 is 12.9 Å². The average Bonchev–Trinajstić information content (AvgIpc) is 3.17. The summed E-state index contributed by atoms with van der Waals surface area (Å²) < 4.78 is 33.3. The van der Waals surface area contributed by atoms with Crippen molar-refractivity contribution >= 4 is 37.6 Å². The molecule has 152 valence electrons. The van der Waals surface area contributed by atoms with E-state index in [0.717, 1.165) is 10.0 Å². The van der Waals surface area contributed by atoms with Crippen molar-refractivity contribution in [1.82, 2.24) is 19.3 Å². The molecule has 0 amide bonds. The average molecular weight is 498 g/mol. The first kappa shape index (κ1) is 20.5. The van der Waals surface area contributed by atoms with Crippen LogP contribution in [0.2, 0.25) is 5.02 Å². The van der Waals surface area contributed by atoms with Crippen molar-refractivity contribution in [2.75, 3.05) is 26.2 Å². The van der Waals surface area contributed by atoms with Crippen molar-refractivity contribution in [3.05, 3.63) is 63.9 Å². The van der Waals surface area contributed by atoms with Crippen LogP contribution in [0.1, 0.15) is 5.89 Å². The molecule has 1 aliphatic heterocycles. The number of nitrogens with zero attached hydrogens (tertiary/aromatic N) is 4. The van der Waals surface area contributed by atoms with Gasteiger partial charge in [0.2, 0.25) is 21.7 Å². The molecule has 0 N–H and O–H groups in total. The fourth-order valence-electron chi connectivity index (χ4n) is 3.16. The van der Waals surface area contributed by atoms with Crippen molar-refractivity contribution in [2.45, 2.75) is 11.4 Å². The molecular formula is C19H18BrClN4O3S. The van der Waals surface area contributed by atoms with Crippen molar-refractivity contribution in [1.29, 1.82) is 0 Å². The van der Waals surface area contributed by atoms with Crippen LogP contribution in [0.4, 0.5) is 0 Å². The first-order valence-corrected chi connectivity index (χ1v) is 11.6. The zero-order valence-electron chi connectivity index (χ0n) is 15.3. The Labute approximate surface area is 182 Å². The highest BCUT2D eigenvalue weighted by Gasteiger charge is 2.29. The third kappa shape index (κ3) is 4.70. The fourth-order valence-corrected chi connectivity index (χ4v) is 5.37. The molecule has 0 bridgehead atoms. The SMILES string of the molecule is O=S(=O)(c1cccc(Br)c1)N1CCN(Cc2nc(-c3cccc(Cl)c3)no2)CC1. The minimum Gasteiger partial charge on any atom is -0.338 e. The van der Waals surface area contributed by atoms with E-state index in [1.165, 1.54) is 4.31 Å². The highest BCUT2D eigenvalue weighted by molar-refractivity contribution is 9.10. The third-order valence-corrected chi connectivity index (χ3v) is 7.30. The number of aromatic nitrogens is 2. The van der Waals surface area contributed by atoms with Gasteiger partial charge in [-0.1, -0.05) is 50.9 Å². The van der Waals surface area contributed by atoms with Crippen LogP contribution in [-0.2, 0) is 16.6 Å². The van der Waals surface area contributed by atoms with Gasteiger partial charge in [-0.2, -0.15) is 9.29 Å². The standard InChI is InChI=1S/C19H18BrClN4O3S/c20-15-4-2-6-17(12-15)29(26,27)25-9-7-24(8-10-25)13-18-22-19(23-28-18)14-3-1-5-16(21)11-14/h1-6,11-12H,7-10,13H2. The third-order valence-electron chi connectivity index (χ3n) is 4.67. The first-order valence-electron chi connectivity index (χ1n) is 8.98. The molecule has 1 fully saturated rings. The number of halogens is 2. The first-order chi connectivity index (χ1) is 13.9. The molecular weight excluding hydrogens is 480 g/mol. The van der Waals surface area contributed by atoms with E-state index in [-0.39, 0.29) is 0 Å². The van der Waals surface area contributed by atoms with E-state index in [1.54, 1.807) is 36.4 Å². The van der Waals surface area contributed by atoms with Gasteiger partial charge in [0, 0.05) is 41.2 Å². The van der Waals surface area contributed by atoms with Gasteiger partial charge in [0.15, 0.2) is 0 Å². The second-order valence-electron chi connectivity index (χ2n) is 6.66. The molecule has 1 aromatic heterocycles. The summed E-state index contributed by atoms with van der Waals surface area (Å²) in [6.07, 6.45) is 0. The Morgan fingerprint density at radius 2 is 1.83 bits per heavy atom. The summed E-state index contributed by atoms with van der Waals surface area (Å²) in [5.41, 5.74) is 0.789. The summed E-state index contributed by atoms with van der Waals surface area (Å²) in [5.74, 6) is 0.974. The molecule has 2 aromatic carbocycles. The van der Waals surface area contributed by atoms with Crippen LogP contribution < -0.4 is 0 Å². The molecule has 1 saturated heterocycles. The van der Waals surface area contributed by atoms with Crippen molar-refractivity contribution in [3.63, 3.8) is 0 Å². The molecule has 4 rings (SSSR count). The Morgan fingerprint density at radius 3 is 2.55 bits per heavy atom. The maximum absolute atomic E-state index is 12.8. The number of hydrogen-bond donors (Lipinski definition) is 0. The number of benzene rings is 2. The van der Waals surface area contributed by atoms with Crippen LogP contribution in [0.3, 0.4) is 0 Å². The van der Waals surface area contributed by atoms with Crippen LogP contribution in [0.5, 0.6) is 0 Å². The van der Waals surface area contributed by atoms with Gasteiger partial charge in [-0.25, -0.2) is 8.42 Å². The molecule has 0 saturated carbocycles. The molecule has 0 spiro atoms. The van der Waals surface area contributed by atoms with Crippen LogP contribution in [0.15, 0.2) is 62.4 Å². The predicted molar refractivity (Wildman–Crippen MR) is 113 cm³/mol. The Morgan fingerprint density at radius 1 is 1.07 bits per heavy atom. The maximum Gasteiger partial charge on any atom is 0.243 e. The van der Waals surface area contributed by atoms with E-state index in [0.29, 0.717) is 54.4 Å². The van der Waals surface area contributed by atoms with Gasteiger partial charge in [-0.15, -0.1) is 0 Å². The summed E-state index contributed by atoms with van der Waals surface area (Å²) >= 11 is 9.34. The lowest BCUT2D eigenvalue weighted by molar-refractivity contribution is 0.163. The number of hydrogen-bond acceptors (Lipinski definition) is 6. The van der Waals surface area contributed by atoms with Gasteiger partial charge in [-0.3, -0.25) is 4.90 Å². The number of sulfonamides is 1. The molecule has 3 aromatic rings. The topological polar surface area (TPSA) is 79.5 Å². The minimum atomic E-state index is -3.50. The van der Waals surface area contributed by atoms with Crippen molar-refractivity contribution in [3.8, 4) is 11.4 Å². The van der Waals surface area contributed by atoms with Crippen LogP contribution in [0, 0.1) is 0 Å². The van der Waals surface area contributed by atoms with E-state index in [1.807, 2.05) is 12.1 Å². The quantitative estimate of drug-likeness (QED) is 0.535. The van der Waals surface area contributed by atoms with Gasteiger partial charge < -0.3 is 4.52 Å². The molecule has 1 aliphatic rings. The molecule has 0 atom stereocenters. The van der Waals surface area contributed by atoms with Crippen LogP contribution >= 0.6 is 27.5 Å². The number of piperazine rings is 1. The van der Waals surface area contributed by atoms with Gasteiger partial charge >= 0.3 is 0 Å². The Balaban J connectivity index is 1.38. The van der Waals surface area contributed by atoms with Crippen molar-refractivity contribution in [2.24, 2.45) is 0 Å². The summed E-state index contributed by atoms with van der Waals surface area (Å²) in [6.45, 7) is 2.46. The van der Waals surface area contributed by atoms with E-state index in [4.69, 9.17) is 16.1 Å². The maximum atomic E-state index is 12.8. The van der Waals surface area contributed by atoms with Crippen LogP contribution in [-0.4, -0.2) is 53.9 Å². The molecule has 0 unspecified atom stereocenters. The van der Waals surface area contributed by atoms with E-state index >= 15 is 0 Å². The second kappa shape index (κ2) is 8.53. The summed E-state index contributed by atoms with van der Waals surface area (Å²) in [5, 5.41) is 4.62. The lowest BCUT2D eigenvalue weighted by atomic mass is 10.2. The molecule has 0 radical (unpaired) electrons. The summed E-state index contributed by atoms with van der Waals surface area (Å²) in [7, 11) is -3.50. The highest BCUT2D eigenvalue weighted by atomic mass is 79.9. The number of rotatable bonds is 5. The zero-order valence-corrected chi connectivity index (χ0v) is 18.5. The Kier molecular flexibility index (Phi) is 6.03. The molecule has 2 heterocycles. The monoisotopic (exact) mass is 496 g/mol. The smallest absolute Gasteiger partial charge is 0.243 e. The molecule has 10 heteroatoms. The zero-order chi connectivity index (χ0) is 20.4. The van der Waals surface area contributed by atoms with Gasteiger partial charge in [0.05, 0.1) is 11.4 Å². The molecule has 7 nitrogen and oxygen atoms in total. The summed E-state index contributed by atoms with van der Waals surface area (Å²) in [4.78, 5) is 6.82. The Hall–Kier alpha value is -1.78. The fraction of sp³-hybridized carbons (Fsp3) is 0.263. The summed E-state index contributed by atoms with van der Waals surface area (Å²) in [6, 6.07) is 14.0. The highest BCUT2D eigenvalue weighted by Crippen LogP contribution is 2.23. The minimum absolute atomic E-state index is 0.295. The lowest BCUT2D eigenvalue weighted by Gasteiger charge is -2.33. The van der Waals surface area contributed by atoms with E-state index in [2.05, 4.69) is 31.0 Å². The van der Waals surface area contributed by atoms with Crippen LogP contribution in [0.25, 0.3) is 11.4 Å². The Bertz CT molecular complexity index is 1110. The van der Waals surface area contributed by atoms with E-state index < -0.39 is 10.0 Å². The molecule has 29 heavy (non-hydrogen) atoms.